The average molecular weight is 247 g/mol. The van der Waals surface area contributed by atoms with Crippen molar-refractivity contribution >= 4 is 22.5 Å². The molecule has 1 fully saturated rings. The first-order valence-corrected chi connectivity index (χ1v) is 6.36. The van der Waals surface area contributed by atoms with Gasteiger partial charge in [-0.2, -0.15) is 4.37 Å². The predicted molar refractivity (Wildman–Crippen MR) is 67.9 cm³/mol. The van der Waals surface area contributed by atoms with Crippen LogP contribution in [0.25, 0.3) is 0 Å². The van der Waals surface area contributed by atoms with E-state index in [2.05, 4.69) is 19.7 Å². The van der Waals surface area contributed by atoms with Crippen LogP contribution in [0.2, 0.25) is 0 Å². The molecule has 1 aliphatic carbocycles. The molecule has 0 aliphatic heterocycles. The Morgan fingerprint density at radius 3 is 3.00 bits per heavy atom. The van der Waals surface area contributed by atoms with E-state index in [-0.39, 0.29) is 0 Å². The van der Waals surface area contributed by atoms with Gasteiger partial charge in [0.2, 0.25) is 5.13 Å². The maximum atomic E-state index is 5.53. The molecule has 0 amide bonds. The van der Waals surface area contributed by atoms with Crippen molar-refractivity contribution in [2.75, 3.05) is 11.1 Å². The fourth-order valence-electron chi connectivity index (χ4n) is 1.53. The first-order valence-electron chi connectivity index (χ1n) is 5.59. The Kier molecular flexibility index (Phi) is 2.64. The van der Waals surface area contributed by atoms with Crippen LogP contribution in [0.1, 0.15) is 30.1 Å². The van der Waals surface area contributed by atoms with Gasteiger partial charge in [-0.1, -0.05) is 6.07 Å². The van der Waals surface area contributed by atoms with Crippen LogP contribution in [0.5, 0.6) is 0 Å². The Balaban J connectivity index is 1.60. The van der Waals surface area contributed by atoms with E-state index in [1.54, 1.807) is 12.3 Å². The largest absolute Gasteiger partial charge is 0.384 e. The van der Waals surface area contributed by atoms with Gasteiger partial charge in [-0.05, 0) is 24.5 Å². The van der Waals surface area contributed by atoms with Crippen LogP contribution in [0.3, 0.4) is 0 Å². The second-order valence-electron chi connectivity index (χ2n) is 4.18. The van der Waals surface area contributed by atoms with Crippen LogP contribution in [-0.4, -0.2) is 14.3 Å². The molecular formula is C11H13N5S. The minimum atomic E-state index is 0.542. The number of nitrogens with zero attached hydrogens (tertiary/aromatic N) is 3. The van der Waals surface area contributed by atoms with E-state index in [0.29, 0.717) is 18.3 Å². The van der Waals surface area contributed by atoms with Crippen molar-refractivity contribution in [2.45, 2.75) is 25.3 Å². The standard InChI is InChI=1S/C11H13N5S/c12-9-4-1-7(5-13-9)6-14-11-15-10(16-17-11)8-2-3-8/h1,4-5,8H,2-3,6H2,(H2,12,13)(H,14,15,16). The van der Waals surface area contributed by atoms with Crippen LogP contribution in [0, 0.1) is 0 Å². The molecule has 0 unspecified atom stereocenters. The average Bonchev–Trinajstić information content (AvgIpc) is 3.09. The quantitative estimate of drug-likeness (QED) is 0.864. The molecule has 0 radical (unpaired) electrons. The van der Waals surface area contributed by atoms with Crippen LogP contribution < -0.4 is 11.1 Å². The Hall–Kier alpha value is -1.69. The molecule has 0 bridgehead atoms. The van der Waals surface area contributed by atoms with Crippen molar-refractivity contribution in [2.24, 2.45) is 0 Å². The van der Waals surface area contributed by atoms with E-state index >= 15 is 0 Å². The summed E-state index contributed by atoms with van der Waals surface area (Å²) in [5.74, 6) is 2.15. The molecule has 3 rings (SSSR count). The summed E-state index contributed by atoms with van der Waals surface area (Å²) in [5, 5.41) is 4.13. The molecule has 0 spiro atoms. The van der Waals surface area contributed by atoms with Crippen molar-refractivity contribution in [1.82, 2.24) is 14.3 Å². The number of nitrogens with two attached hydrogens (primary N) is 1. The fraction of sp³-hybridized carbons (Fsp3) is 0.364. The van der Waals surface area contributed by atoms with E-state index in [9.17, 15) is 0 Å². The van der Waals surface area contributed by atoms with Gasteiger partial charge >= 0.3 is 0 Å². The van der Waals surface area contributed by atoms with E-state index in [4.69, 9.17) is 5.73 Å². The molecule has 6 heteroatoms. The normalized spacial score (nSPS) is 14.8. The summed E-state index contributed by atoms with van der Waals surface area (Å²) in [6, 6.07) is 3.75. The molecule has 2 aromatic rings. The number of nitrogens with one attached hydrogen (secondary N) is 1. The predicted octanol–water partition coefficient (Wildman–Crippen LogP) is 2.00. The molecule has 1 aliphatic rings. The zero-order chi connectivity index (χ0) is 11.7. The van der Waals surface area contributed by atoms with Gasteiger partial charge in [0.1, 0.15) is 11.6 Å². The molecule has 2 aromatic heterocycles. The minimum absolute atomic E-state index is 0.542. The number of pyridine rings is 1. The third-order valence-corrected chi connectivity index (χ3v) is 3.36. The summed E-state index contributed by atoms with van der Waals surface area (Å²) in [7, 11) is 0. The van der Waals surface area contributed by atoms with Gasteiger partial charge in [0.15, 0.2) is 0 Å². The monoisotopic (exact) mass is 247 g/mol. The number of hydrogen-bond acceptors (Lipinski definition) is 6. The van der Waals surface area contributed by atoms with Crippen molar-refractivity contribution in [3.63, 3.8) is 0 Å². The van der Waals surface area contributed by atoms with Gasteiger partial charge in [-0.3, -0.25) is 0 Å². The highest BCUT2D eigenvalue weighted by Gasteiger charge is 2.27. The molecule has 3 N–H and O–H groups in total. The molecule has 5 nitrogen and oxygen atoms in total. The zero-order valence-electron chi connectivity index (χ0n) is 9.26. The lowest BCUT2D eigenvalue weighted by molar-refractivity contribution is 0.979. The summed E-state index contributed by atoms with van der Waals surface area (Å²) < 4.78 is 4.34. The third kappa shape index (κ3) is 2.52. The molecule has 2 heterocycles. The van der Waals surface area contributed by atoms with Crippen molar-refractivity contribution in [1.29, 1.82) is 0 Å². The summed E-state index contributed by atoms with van der Waals surface area (Å²) in [6.45, 7) is 0.701. The number of rotatable bonds is 4. The topological polar surface area (TPSA) is 76.7 Å². The molecule has 0 atom stereocenters. The summed E-state index contributed by atoms with van der Waals surface area (Å²) >= 11 is 1.42. The lowest BCUT2D eigenvalue weighted by Gasteiger charge is -2.01. The number of hydrogen-bond donors (Lipinski definition) is 2. The molecule has 1 saturated carbocycles. The Morgan fingerprint density at radius 1 is 1.41 bits per heavy atom. The minimum Gasteiger partial charge on any atom is -0.384 e. The van der Waals surface area contributed by atoms with Crippen LogP contribution in [-0.2, 0) is 6.54 Å². The fourth-order valence-corrected chi connectivity index (χ4v) is 2.17. The van der Waals surface area contributed by atoms with Crippen molar-refractivity contribution in [3.8, 4) is 0 Å². The van der Waals surface area contributed by atoms with Gasteiger partial charge in [0.25, 0.3) is 0 Å². The maximum absolute atomic E-state index is 5.53. The van der Waals surface area contributed by atoms with E-state index in [0.717, 1.165) is 16.5 Å². The zero-order valence-corrected chi connectivity index (χ0v) is 10.1. The summed E-state index contributed by atoms with van der Waals surface area (Å²) in [5.41, 5.74) is 6.61. The Labute approximate surface area is 103 Å². The van der Waals surface area contributed by atoms with E-state index in [1.807, 2.05) is 6.07 Å². The van der Waals surface area contributed by atoms with Crippen LogP contribution in [0.4, 0.5) is 10.9 Å². The maximum Gasteiger partial charge on any atom is 0.202 e. The van der Waals surface area contributed by atoms with Gasteiger partial charge in [-0.25, -0.2) is 9.97 Å². The smallest absolute Gasteiger partial charge is 0.202 e. The molecule has 17 heavy (non-hydrogen) atoms. The molecule has 0 saturated heterocycles. The second-order valence-corrected chi connectivity index (χ2v) is 4.93. The SMILES string of the molecule is Nc1ccc(CNc2nc(C3CC3)ns2)cn1. The first-order chi connectivity index (χ1) is 8.31. The third-order valence-electron chi connectivity index (χ3n) is 2.68. The lowest BCUT2D eigenvalue weighted by Crippen LogP contribution is -2.00. The summed E-state index contributed by atoms with van der Waals surface area (Å²) in [4.78, 5) is 8.50. The van der Waals surface area contributed by atoms with Crippen molar-refractivity contribution < 1.29 is 0 Å². The number of anilines is 2. The Bertz CT molecular complexity index is 503. The van der Waals surface area contributed by atoms with Gasteiger partial charge in [0.05, 0.1) is 0 Å². The molecule has 88 valence electrons. The number of aromatic nitrogens is 3. The van der Waals surface area contributed by atoms with Crippen LogP contribution in [0.15, 0.2) is 18.3 Å². The first kappa shape index (κ1) is 10.5. The van der Waals surface area contributed by atoms with Gasteiger partial charge < -0.3 is 11.1 Å². The highest BCUT2D eigenvalue weighted by atomic mass is 32.1. The highest BCUT2D eigenvalue weighted by molar-refractivity contribution is 7.09. The number of nitrogen functional groups attached to an aromatic ring is 1. The van der Waals surface area contributed by atoms with Crippen LogP contribution >= 0.6 is 11.5 Å². The van der Waals surface area contributed by atoms with E-state index in [1.165, 1.54) is 24.4 Å². The lowest BCUT2D eigenvalue weighted by atomic mass is 10.3. The van der Waals surface area contributed by atoms with Gasteiger partial charge in [-0.15, -0.1) is 0 Å². The molecular weight excluding hydrogens is 234 g/mol. The van der Waals surface area contributed by atoms with Gasteiger partial charge in [0, 0.05) is 30.2 Å². The molecule has 0 aromatic carbocycles. The highest BCUT2D eigenvalue weighted by Crippen LogP contribution is 2.39. The van der Waals surface area contributed by atoms with Crippen molar-refractivity contribution in [3.05, 3.63) is 29.7 Å². The van der Waals surface area contributed by atoms with E-state index < -0.39 is 0 Å². The summed E-state index contributed by atoms with van der Waals surface area (Å²) in [6.07, 6.45) is 4.24. The Morgan fingerprint density at radius 2 is 2.29 bits per heavy atom. The second kappa shape index (κ2) is 4.29.